The Bertz CT molecular complexity index is 902. The van der Waals surface area contributed by atoms with Crippen molar-refractivity contribution in [1.29, 1.82) is 0 Å². The van der Waals surface area contributed by atoms with E-state index in [0.29, 0.717) is 0 Å². The maximum atomic E-state index is 13.1. The monoisotopic (exact) mass is 438 g/mol. The highest BCUT2D eigenvalue weighted by Gasteiger charge is 2.54. The number of carbonyl (C=O) groups excluding carboxylic acids is 4. The highest BCUT2D eigenvalue weighted by Crippen LogP contribution is 2.30. The van der Waals surface area contributed by atoms with Crippen LogP contribution in [0.2, 0.25) is 0 Å². The minimum atomic E-state index is -1.64. The first kappa shape index (κ1) is 23.6. The molecule has 1 aliphatic rings. The zero-order chi connectivity index (χ0) is 23.1. The van der Waals surface area contributed by atoms with Crippen LogP contribution in [0.1, 0.15) is 20.8 Å². The molecule has 0 aliphatic carbocycles. The minimum Gasteiger partial charge on any atom is -0.455 e. The molecule has 31 heavy (non-hydrogen) atoms. The molecule has 1 N–H and O–H groups in total. The van der Waals surface area contributed by atoms with Crippen LogP contribution in [0.25, 0.3) is 10.4 Å². The van der Waals surface area contributed by atoms with Crippen molar-refractivity contribution in [3.05, 3.63) is 40.5 Å². The number of hydrogen-bond acceptors (Lipinski definition) is 9. The van der Waals surface area contributed by atoms with Crippen molar-refractivity contribution in [2.24, 2.45) is 5.11 Å². The molecule has 0 aromatic heterocycles. The van der Waals surface area contributed by atoms with E-state index in [2.05, 4.69) is 15.3 Å². The molecule has 1 aromatic carbocycles. The normalized spacial score (nSPS) is 24.8. The summed E-state index contributed by atoms with van der Waals surface area (Å²) in [6, 6.07) is 4.74. The van der Waals surface area contributed by atoms with Crippen molar-refractivity contribution in [1.82, 2.24) is 0 Å². The van der Waals surface area contributed by atoms with Gasteiger partial charge in [0, 0.05) is 31.4 Å². The second-order valence-corrected chi connectivity index (χ2v) is 6.37. The zero-order valence-electron chi connectivity index (χ0n) is 16.7. The average Bonchev–Trinajstić information content (AvgIpc) is 2.67. The fourth-order valence-corrected chi connectivity index (χ4v) is 2.89. The van der Waals surface area contributed by atoms with E-state index in [0.717, 1.165) is 32.9 Å². The molecule has 0 saturated carbocycles. The van der Waals surface area contributed by atoms with Gasteiger partial charge in [0.15, 0.2) is 30.6 Å². The minimum absolute atomic E-state index is 0.183. The Morgan fingerprint density at radius 2 is 1.48 bits per heavy atom. The predicted octanol–water partition coefficient (Wildman–Crippen LogP) is 1.59. The number of nitrogens with zero attached hydrogens (tertiary/aromatic N) is 3. The molecule has 0 bridgehead atoms. The molecular formula is C18H19FN4O8. The van der Waals surface area contributed by atoms with E-state index < -0.39 is 60.3 Å². The third kappa shape index (κ3) is 6.39. The van der Waals surface area contributed by atoms with E-state index in [9.17, 15) is 23.6 Å². The van der Waals surface area contributed by atoms with Crippen LogP contribution in [0.15, 0.2) is 29.4 Å². The topological polar surface area (TPSA) is 166 Å². The van der Waals surface area contributed by atoms with Gasteiger partial charge in [0.1, 0.15) is 5.82 Å². The second-order valence-electron chi connectivity index (χ2n) is 6.37. The molecule has 1 aromatic rings. The number of halogens is 1. The molecule has 5 atom stereocenters. The van der Waals surface area contributed by atoms with Crippen LogP contribution in [-0.4, -0.2) is 54.5 Å². The number of benzene rings is 1. The van der Waals surface area contributed by atoms with Gasteiger partial charge in [-0.3, -0.25) is 19.2 Å². The summed E-state index contributed by atoms with van der Waals surface area (Å²) in [5.74, 6) is -3.95. The van der Waals surface area contributed by atoms with Crippen LogP contribution in [-0.2, 0) is 38.1 Å². The first-order valence-electron chi connectivity index (χ1n) is 8.90. The van der Waals surface area contributed by atoms with Crippen LogP contribution in [0.3, 0.4) is 0 Å². The van der Waals surface area contributed by atoms with E-state index >= 15 is 0 Å². The molecule has 1 heterocycles. The van der Waals surface area contributed by atoms with Gasteiger partial charge in [-0.25, -0.2) is 4.39 Å². The number of anilines is 1. The molecular weight excluding hydrogens is 419 g/mol. The first-order chi connectivity index (χ1) is 14.6. The highest BCUT2D eigenvalue weighted by molar-refractivity contribution is 5.95. The summed E-state index contributed by atoms with van der Waals surface area (Å²) in [5, 5.41) is 5.79. The van der Waals surface area contributed by atoms with Gasteiger partial charge < -0.3 is 24.3 Å². The molecule has 2 rings (SSSR count). The molecule has 0 radical (unpaired) electrons. The van der Waals surface area contributed by atoms with Crippen molar-refractivity contribution in [2.75, 3.05) is 5.32 Å². The van der Waals surface area contributed by atoms with Crippen molar-refractivity contribution < 1.29 is 42.5 Å². The summed E-state index contributed by atoms with van der Waals surface area (Å²) in [6.07, 6.45) is -7.82. The molecule has 1 amide bonds. The van der Waals surface area contributed by atoms with Crippen LogP contribution in [0, 0.1) is 5.82 Å². The van der Waals surface area contributed by atoms with Crippen molar-refractivity contribution in [3.8, 4) is 0 Å². The summed E-state index contributed by atoms with van der Waals surface area (Å²) < 4.78 is 34.0. The summed E-state index contributed by atoms with van der Waals surface area (Å²) in [7, 11) is 0. The maximum absolute atomic E-state index is 13.1. The fraction of sp³-hybridized carbons (Fsp3) is 0.444. The van der Waals surface area contributed by atoms with Crippen molar-refractivity contribution in [3.63, 3.8) is 0 Å². The molecule has 1 saturated heterocycles. The Hall–Kier alpha value is -3.70. The van der Waals surface area contributed by atoms with Crippen LogP contribution in [0.4, 0.5) is 10.1 Å². The number of esters is 3. The summed E-state index contributed by atoms with van der Waals surface area (Å²) in [5.41, 5.74) is 9.03. The lowest BCUT2D eigenvalue weighted by Gasteiger charge is -2.42. The van der Waals surface area contributed by atoms with Crippen LogP contribution in [0.5, 0.6) is 0 Å². The standard InChI is InChI=1S/C18H19FN4O8/c1-8(24)28-13-14(29-9(2)25)16(30-10(3)26)18(22-23-20)31-15(13)17(27)21-12-6-4-11(19)5-7-12/h4-7,13-16,18H,1-3H3,(H,21,27)/t13-,14-,15-,16+,18+/m0/s1. The average molecular weight is 438 g/mol. The first-order valence-corrected chi connectivity index (χ1v) is 8.90. The molecule has 1 fully saturated rings. The summed E-state index contributed by atoms with van der Waals surface area (Å²) in [6.45, 7) is 3.13. The van der Waals surface area contributed by atoms with Crippen molar-refractivity contribution >= 4 is 29.5 Å². The smallest absolute Gasteiger partial charge is 0.303 e. The Morgan fingerprint density at radius 3 is 2.00 bits per heavy atom. The largest absolute Gasteiger partial charge is 0.455 e. The number of hydrogen-bond donors (Lipinski definition) is 1. The maximum Gasteiger partial charge on any atom is 0.303 e. The lowest BCUT2D eigenvalue weighted by atomic mass is 9.96. The Balaban J connectivity index is 2.45. The van der Waals surface area contributed by atoms with Crippen molar-refractivity contribution in [2.45, 2.75) is 51.4 Å². The lowest BCUT2D eigenvalue weighted by molar-refractivity contribution is -0.241. The van der Waals surface area contributed by atoms with Gasteiger partial charge in [0.2, 0.25) is 0 Å². The number of nitrogens with one attached hydrogen (secondary N) is 1. The quantitative estimate of drug-likeness (QED) is 0.230. The number of amides is 1. The van der Waals surface area contributed by atoms with Gasteiger partial charge in [-0.2, -0.15) is 0 Å². The Kier molecular flexibility index (Phi) is 7.88. The highest BCUT2D eigenvalue weighted by atomic mass is 19.1. The fourth-order valence-electron chi connectivity index (χ4n) is 2.89. The van der Waals surface area contributed by atoms with Crippen LogP contribution >= 0.6 is 0 Å². The summed E-state index contributed by atoms with van der Waals surface area (Å²) in [4.78, 5) is 50.3. The molecule has 1 aliphatic heterocycles. The zero-order valence-corrected chi connectivity index (χ0v) is 16.7. The third-order valence-corrected chi connectivity index (χ3v) is 3.95. The SMILES string of the molecule is CC(=O)O[C@@H]1[C@@H](OC(C)=O)[C@H](N=[N+]=[N-])O[C@H](C(=O)Nc2ccc(F)cc2)[C@H]1OC(C)=O. The number of azide groups is 1. The van der Waals surface area contributed by atoms with E-state index in [-0.39, 0.29) is 5.69 Å². The molecule has 0 spiro atoms. The van der Waals surface area contributed by atoms with E-state index in [4.69, 9.17) is 24.5 Å². The Labute approximate surface area is 175 Å². The van der Waals surface area contributed by atoms with Gasteiger partial charge in [-0.05, 0) is 29.8 Å². The molecule has 166 valence electrons. The molecule has 13 heteroatoms. The number of carbonyl (C=O) groups is 4. The van der Waals surface area contributed by atoms with Gasteiger partial charge in [-0.15, -0.1) is 0 Å². The van der Waals surface area contributed by atoms with Gasteiger partial charge in [-0.1, -0.05) is 5.11 Å². The third-order valence-electron chi connectivity index (χ3n) is 3.95. The van der Waals surface area contributed by atoms with E-state index in [1.807, 2.05) is 0 Å². The van der Waals surface area contributed by atoms with Crippen LogP contribution < -0.4 is 5.32 Å². The van der Waals surface area contributed by atoms with Gasteiger partial charge in [0.05, 0.1) is 0 Å². The van der Waals surface area contributed by atoms with E-state index in [1.54, 1.807) is 0 Å². The molecule has 0 unspecified atom stereocenters. The van der Waals surface area contributed by atoms with E-state index in [1.165, 1.54) is 12.1 Å². The second kappa shape index (κ2) is 10.4. The number of ether oxygens (including phenoxy) is 4. The van der Waals surface area contributed by atoms with Gasteiger partial charge >= 0.3 is 17.9 Å². The van der Waals surface area contributed by atoms with Gasteiger partial charge in [0.25, 0.3) is 5.91 Å². The lowest BCUT2D eigenvalue weighted by Crippen LogP contribution is -2.63. The Morgan fingerprint density at radius 1 is 0.968 bits per heavy atom. The predicted molar refractivity (Wildman–Crippen MR) is 99.5 cm³/mol. The summed E-state index contributed by atoms with van der Waals surface area (Å²) >= 11 is 0. The number of rotatable bonds is 6. The molecule has 12 nitrogen and oxygen atoms in total.